The van der Waals surface area contributed by atoms with Gasteiger partial charge < -0.3 is 10.0 Å². The van der Waals surface area contributed by atoms with Crippen molar-refractivity contribution in [3.05, 3.63) is 81.9 Å². The number of aromatic nitrogens is 2. The van der Waals surface area contributed by atoms with Crippen molar-refractivity contribution in [3.8, 4) is 5.75 Å². The van der Waals surface area contributed by atoms with E-state index in [4.69, 9.17) is 0 Å². The van der Waals surface area contributed by atoms with Crippen LogP contribution < -0.4 is 5.56 Å². The third-order valence-corrected chi connectivity index (χ3v) is 5.96. The molecule has 1 N–H and O–H groups in total. The fourth-order valence-electron chi connectivity index (χ4n) is 4.39. The maximum absolute atomic E-state index is 13.0. The van der Waals surface area contributed by atoms with Crippen molar-refractivity contribution >= 4 is 17.6 Å². The second kappa shape index (κ2) is 6.05. The number of carbonyl (C=O) groups excluding carboxylic acids is 1. The highest BCUT2D eigenvalue weighted by molar-refractivity contribution is 5.94. The van der Waals surface area contributed by atoms with Gasteiger partial charge in [-0.05, 0) is 36.1 Å². The van der Waals surface area contributed by atoms with Crippen LogP contribution in [0.15, 0.2) is 59.7 Å². The second-order valence-electron chi connectivity index (χ2n) is 7.43. The molecule has 1 saturated heterocycles. The molecule has 6 nitrogen and oxygen atoms in total. The summed E-state index contributed by atoms with van der Waals surface area (Å²) >= 11 is 0. The largest absolute Gasteiger partial charge is 0.504 e. The van der Waals surface area contributed by atoms with E-state index in [0.717, 1.165) is 12.8 Å². The fourth-order valence-corrected chi connectivity index (χ4v) is 4.39. The quantitative estimate of drug-likeness (QED) is 0.712. The molecule has 2 aromatic heterocycles. The first-order chi connectivity index (χ1) is 13.6. The Bertz CT molecular complexity index is 1190. The summed E-state index contributed by atoms with van der Waals surface area (Å²) in [7, 11) is 0. The summed E-state index contributed by atoms with van der Waals surface area (Å²) in [5, 5.41) is 9.85. The van der Waals surface area contributed by atoms with E-state index in [-0.39, 0.29) is 28.3 Å². The molecule has 28 heavy (non-hydrogen) atoms. The van der Waals surface area contributed by atoms with Gasteiger partial charge in [-0.1, -0.05) is 36.4 Å². The molecule has 1 aromatic carbocycles. The highest BCUT2D eigenvalue weighted by Gasteiger charge is 2.39. The Morgan fingerprint density at radius 1 is 1.11 bits per heavy atom. The van der Waals surface area contributed by atoms with Crippen molar-refractivity contribution in [2.45, 2.75) is 18.3 Å². The van der Waals surface area contributed by atoms with Gasteiger partial charge in [0.1, 0.15) is 5.56 Å². The van der Waals surface area contributed by atoms with Gasteiger partial charge in [-0.3, -0.25) is 14.0 Å². The highest BCUT2D eigenvalue weighted by atomic mass is 16.3. The third kappa shape index (κ3) is 2.37. The van der Waals surface area contributed by atoms with Gasteiger partial charge in [-0.15, -0.1) is 0 Å². The Labute approximate surface area is 161 Å². The average Bonchev–Trinajstić information content (AvgIpc) is 3.08. The Morgan fingerprint density at radius 3 is 2.71 bits per heavy atom. The van der Waals surface area contributed by atoms with Crippen molar-refractivity contribution in [2.75, 3.05) is 13.1 Å². The molecule has 3 aromatic rings. The smallest absolute Gasteiger partial charge is 0.270 e. The van der Waals surface area contributed by atoms with Crippen LogP contribution in [0, 0.1) is 0 Å². The molecule has 0 bridgehead atoms. The van der Waals surface area contributed by atoms with Gasteiger partial charge >= 0.3 is 0 Å². The number of allylic oxidation sites excluding steroid dienone is 1. The molecule has 1 aliphatic heterocycles. The van der Waals surface area contributed by atoms with Gasteiger partial charge in [0, 0.05) is 30.9 Å². The molecule has 0 saturated carbocycles. The predicted molar refractivity (Wildman–Crippen MR) is 105 cm³/mol. The number of hydrogen-bond donors (Lipinski definition) is 1. The molecule has 140 valence electrons. The summed E-state index contributed by atoms with van der Waals surface area (Å²) in [5.74, 6) is -0.398. The van der Waals surface area contributed by atoms with Crippen LogP contribution in [-0.4, -0.2) is 38.4 Å². The van der Waals surface area contributed by atoms with Crippen LogP contribution in [0.2, 0.25) is 0 Å². The molecule has 3 heterocycles. The lowest BCUT2D eigenvalue weighted by molar-refractivity contribution is 0.0688. The molecular weight excluding hydrogens is 354 g/mol. The van der Waals surface area contributed by atoms with E-state index in [0.29, 0.717) is 13.1 Å². The van der Waals surface area contributed by atoms with Crippen molar-refractivity contribution in [1.29, 1.82) is 0 Å². The van der Waals surface area contributed by atoms with Crippen LogP contribution in [0.1, 0.15) is 34.3 Å². The minimum atomic E-state index is -0.461. The molecule has 2 aliphatic rings. The third-order valence-electron chi connectivity index (χ3n) is 5.96. The number of likely N-dealkylation sites (tertiary alicyclic amines) is 1. The first-order valence-electron chi connectivity index (χ1n) is 9.36. The van der Waals surface area contributed by atoms with Gasteiger partial charge in [0.05, 0.1) is 0 Å². The molecular formula is C22H19N3O3. The predicted octanol–water partition coefficient (Wildman–Crippen LogP) is 2.60. The van der Waals surface area contributed by atoms with E-state index in [9.17, 15) is 14.7 Å². The maximum atomic E-state index is 13.0. The standard InChI is InChI=1S/C22H19N3O3/c26-18-6-3-11-25-19(18)23-14-16(21(25)28)20(27)24-12-9-22(10-13-24)8-7-15-4-1-2-5-17(15)22/h1-8,11,14,26H,9-10,12-13H2. The van der Waals surface area contributed by atoms with Crippen LogP contribution in [0.3, 0.4) is 0 Å². The first kappa shape index (κ1) is 16.7. The van der Waals surface area contributed by atoms with Gasteiger partial charge in [0.15, 0.2) is 11.4 Å². The second-order valence-corrected chi connectivity index (χ2v) is 7.43. The minimum Gasteiger partial charge on any atom is -0.504 e. The van der Waals surface area contributed by atoms with Crippen LogP contribution in [0.5, 0.6) is 5.75 Å². The highest BCUT2D eigenvalue weighted by Crippen LogP contribution is 2.43. The summed E-state index contributed by atoms with van der Waals surface area (Å²) in [6.07, 6.45) is 8.86. The molecule has 0 atom stereocenters. The number of aromatic hydroxyl groups is 1. The zero-order chi connectivity index (χ0) is 19.3. The topological polar surface area (TPSA) is 74.9 Å². The van der Waals surface area contributed by atoms with Crippen molar-refractivity contribution in [1.82, 2.24) is 14.3 Å². The maximum Gasteiger partial charge on any atom is 0.270 e. The lowest BCUT2D eigenvalue weighted by Gasteiger charge is -2.39. The van der Waals surface area contributed by atoms with E-state index in [1.165, 1.54) is 34.0 Å². The van der Waals surface area contributed by atoms with Gasteiger partial charge in [-0.25, -0.2) is 4.98 Å². The molecule has 0 radical (unpaired) electrons. The molecule has 1 fully saturated rings. The summed E-state index contributed by atoms with van der Waals surface area (Å²) in [4.78, 5) is 31.6. The lowest BCUT2D eigenvalue weighted by Crippen LogP contribution is -2.45. The molecule has 1 amide bonds. The van der Waals surface area contributed by atoms with Crippen LogP contribution >= 0.6 is 0 Å². The first-order valence-corrected chi connectivity index (χ1v) is 9.36. The van der Waals surface area contributed by atoms with Crippen LogP contribution in [-0.2, 0) is 5.41 Å². The zero-order valence-electron chi connectivity index (χ0n) is 15.2. The van der Waals surface area contributed by atoms with E-state index in [2.05, 4.69) is 35.3 Å². The van der Waals surface area contributed by atoms with Crippen LogP contribution in [0.4, 0.5) is 0 Å². The molecule has 1 spiro atoms. The summed E-state index contributed by atoms with van der Waals surface area (Å²) in [6, 6.07) is 11.4. The summed E-state index contributed by atoms with van der Waals surface area (Å²) in [6.45, 7) is 1.17. The Balaban J connectivity index is 1.42. The summed E-state index contributed by atoms with van der Waals surface area (Å²) in [5.41, 5.74) is 2.27. The van der Waals surface area contributed by atoms with E-state index >= 15 is 0 Å². The lowest BCUT2D eigenvalue weighted by atomic mass is 9.74. The van der Waals surface area contributed by atoms with Gasteiger partial charge in [-0.2, -0.15) is 0 Å². The number of carbonyl (C=O) groups is 1. The number of rotatable bonds is 1. The number of amides is 1. The number of pyridine rings is 1. The van der Waals surface area contributed by atoms with Gasteiger partial charge in [0.25, 0.3) is 11.5 Å². The van der Waals surface area contributed by atoms with Crippen molar-refractivity contribution in [2.24, 2.45) is 0 Å². The number of piperidine rings is 1. The van der Waals surface area contributed by atoms with Crippen molar-refractivity contribution in [3.63, 3.8) is 0 Å². The Morgan fingerprint density at radius 2 is 1.89 bits per heavy atom. The van der Waals surface area contributed by atoms with Crippen molar-refractivity contribution < 1.29 is 9.90 Å². The zero-order valence-corrected chi connectivity index (χ0v) is 15.2. The normalized spacial score (nSPS) is 17.2. The number of benzene rings is 1. The fraction of sp³-hybridized carbons (Fsp3) is 0.227. The molecule has 0 unspecified atom stereocenters. The Hall–Kier alpha value is -3.41. The number of nitrogens with zero attached hydrogens (tertiary/aromatic N) is 3. The van der Waals surface area contributed by atoms with E-state index in [1.54, 1.807) is 11.0 Å². The van der Waals surface area contributed by atoms with Crippen LogP contribution in [0.25, 0.3) is 11.7 Å². The minimum absolute atomic E-state index is 0.0180. The Kier molecular flexibility index (Phi) is 3.62. The SMILES string of the molecule is O=C(c1cnc2c(O)cccn2c1=O)N1CCC2(C=Cc3ccccc32)CC1. The monoisotopic (exact) mass is 373 g/mol. The van der Waals surface area contributed by atoms with E-state index < -0.39 is 5.56 Å². The number of fused-ring (bicyclic) bond motifs is 3. The van der Waals surface area contributed by atoms with Gasteiger partial charge in [0.2, 0.25) is 0 Å². The molecule has 5 rings (SSSR count). The average molecular weight is 373 g/mol. The molecule has 6 heteroatoms. The number of hydrogen-bond acceptors (Lipinski definition) is 4. The van der Waals surface area contributed by atoms with E-state index in [1.807, 2.05) is 6.07 Å². The molecule has 1 aliphatic carbocycles. The summed E-state index contributed by atoms with van der Waals surface area (Å²) < 4.78 is 1.21.